The Labute approximate surface area is 142 Å². The number of benzene rings is 1. The number of rotatable bonds is 4. The third-order valence-corrected chi connectivity index (χ3v) is 4.61. The third-order valence-electron chi connectivity index (χ3n) is 4.61. The van der Waals surface area contributed by atoms with E-state index in [4.69, 9.17) is 4.74 Å². The second kappa shape index (κ2) is 7.46. The van der Waals surface area contributed by atoms with E-state index in [2.05, 4.69) is 4.98 Å². The molecule has 1 aromatic carbocycles. The molecule has 0 aliphatic heterocycles. The number of nitrogens with one attached hydrogen (secondary N) is 1. The van der Waals surface area contributed by atoms with E-state index >= 15 is 0 Å². The van der Waals surface area contributed by atoms with Crippen molar-refractivity contribution in [1.82, 2.24) is 4.98 Å². The quantitative estimate of drug-likeness (QED) is 0.922. The Morgan fingerprint density at radius 1 is 1.21 bits per heavy atom. The molecule has 4 nitrogen and oxygen atoms in total. The summed E-state index contributed by atoms with van der Waals surface area (Å²) in [5.41, 5.74) is 3.17. The third kappa shape index (κ3) is 3.58. The zero-order valence-corrected chi connectivity index (χ0v) is 14.0. The molecule has 0 unspecified atom stereocenters. The number of aromatic amines is 1. The molecule has 0 atom stereocenters. The van der Waals surface area contributed by atoms with Gasteiger partial charge in [-0.25, -0.2) is 0 Å². The van der Waals surface area contributed by atoms with Gasteiger partial charge in [0.2, 0.25) is 0 Å². The molecule has 1 fully saturated rings. The summed E-state index contributed by atoms with van der Waals surface area (Å²) < 4.78 is 6.10. The Morgan fingerprint density at radius 3 is 2.71 bits per heavy atom. The SMILES string of the molecule is Cc1cc(-c2ccccc2COC2CCCCC2)c(C#N)c(=O)[nH]1. The van der Waals surface area contributed by atoms with Crippen molar-refractivity contribution >= 4 is 0 Å². The van der Waals surface area contributed by atoms with Gasteiger partial charge in [0, 0.05) is 11.3 Å². The molecule has 0 spiro atoms. The van der Waals surface area contributed by atoms with Gasteiger partial charge in [-0.1, -0.05) is 43.5 Å². The van der Waals surface area contributed by atoms with E-state index in [9.17, 15) is 10.1 Å². The zero-order valence-electron chi connectivity index (χ0n) is 14.0. The fourth-order valence-corrected chi connectivity index (χ4v) is 3.36. The van der Waals surface area contributed by atoms with Gasteiger partial charge in [-0.2, -0.15) is 5.26 Å². The van der Waals surface area contributed by atoms with Crippen LogP contribution in [0.5, 0.6) is 0 Å². The van der Waals surface area contributed by atoms with Crippen molar-refractivity contribution in [3.8, 4) is 17.2 Å². The maximum absolute atomic E-state index is 12.1. The molecule has 24 heavy (non-hydrogen) atoms. The van der Waals surface area contributed by atoms with Crippen LogP contribution in [-0.2, 0) is 11.3 Å². The fraction of sp³-hybridized carbons (Fsp3) is 0.400. The number of nitrogens with zero attached hydrogens (tertiary/aromatic N) is 1. The van der Waals surface area contributed by atoms with Crippen LogP contribution in [0.25, 0.3) is 11.1 Å². The van der Waals surface area contributed by atoms with Crippen LogP contribution in [0, 0.1) is 18.3 Å². The number of ether oxygens (including phenoxy) is 1. The van der Waals surface area contributed by atoms with E-state index < -0.39 is 0 Å². The van der Waals surface area contributed by atoms with Gasteiger partial charge in [0.05, 0.1) is 12.7 Å². The van der Waals surface area contributed by atoms with Crippen LogP contribution in [0.3, 0.4) is 0 Å². The van der Waals surface area contributed by atoms with Crippen molar-refractivity contribution in [3.63, 3.8) is 0 Å². The van der Waals surface area contributed by atoms with Crippen LogP contribution >= 0.6 is 0 Å². The molecule has 1 N–H and O–H groups in total. The first-order valence-electron chi connectivity index (χ1n) is 8.53. The van der Waals surface area contributed by atoms with Crippen molar-refractivity contribution in [3.05, 3.63) is 57.5 Å². The highest BCUT2D eigenvalue weighted by Gasteiger charge is 2.16. The molecule has 1 heterocycles. The molecule has 3 rings (SSSR count). The van der Waals surface area contributed by atoms with Crippen LogP contribution in [0.4, 0.5) is 0 Å². The number of hydrogen-bond donors (Lipinski definition) is 1. The molecule has 0 saturated heterocycles. The molecule has 0 bridgehead atoms. The normalized spacial score (nSPS) is 15.2. The molecule has 0 radical (unpaired) electrons. The van der Waals surface area contributed by atoms with Gasteiger partial charge in [-0.15, -0.1) is 0 Å². The number of hydrogen-bond acceptors (Lipinski definition) is 3. The van der Waals surface area contributed by atoms with Crippen LogP contribution < -0.4 is 5.56 Å². The van der Waals surface area contributed by atoms with Crippen LogP contribution in [0.2, 0.25) is 0 Å². The molecule has 1 saturated carbocycles. The van der Waals surface area contributed by atoms with Crippen molar-refractivity contribution in [2.24, 2.45) is 0 Å². The molecule has 1 aliphatic carbocycles. The van der Waals surface area contributed by atoms with E-state index in [1.165, 1.54) is 19.3 Å². The number of H-pyrrole nitrogens is 1. The van der Waals surface area contributed by atoms with Gasteiger partial charge in [0.15, 0.2) is 0 Å². The lowest BCUT2D eigenvalue weighted by atomic mass is 9.96. The Kier molecular flexibility index (Phi) is 5.12. The van der Waals surface area contributed by atoms with Gasteiger partial charge >= 0.3 is 0 Å². The summed E-state index contributed by atoms with van der Waals surface area (Å²) in [6, 6.07) is 11.8. The first kappa shape index (κ1) is 16.5. The number of aryl methyl sites for hydroxylation is 1. The molecule has 1 aliphatic rings. The van der Waals surface area contributed by atoms with Gasteiger partial charge in [-0.05, 0) is 37.0 Å². The lowest BCUT2D eigenvalue weighted by molar-refractivity contribution is 0.0171. The first-order chi connectivity index (χ1) is 11.7. The summed E-state index contributed by atoms with van der Waals surface area (Å²) >= 11 is 0. The molecular weight excluding hydrogens is 300 g/mol. The van der Waals surface area contributed by atoms with Crippen molar-refractivity contribution in [2.45, 2.75) is 51.7 Å². The fourth-order valence-electron chi connectivity index (χ4n) is 3.36. The largest absolute Gasteiger partial charge is 0.374 e. The number of pyridine rings is 1. The second-order valence-electron chi connectivity index (χ2n) is 6.41. The van der Waals surface area contributed by atoms with Crippen LogP contribution in [-0.4, -0.2) is 11.1 Å². The molecule has 124 valence electrons. The molecule has 1 aromatic heterocycles. The lowest BCUT2D eigenvalue weighted by Crippen LogP contribution is -2.17. The smallest absolute Gasteiger partial charge is 0.266 e. The minimum absolute atomic E-state index is 0.158. The summed E-state index contributed by atoms with van der Waals surface area (Å²) in [7, 11) is 0. The summed E-state index contributed by atoms with van der Waals surface area (Å²) in [5, 5.41) is 9.37. The second-order valence-corrected chi connectivity index (χ2v) is 6.41. The highest BCUT2D eigenvalue weighted by molar-refractivity contribution is 5.73. The predicted molar refractivity (Wildman–Crippen MR) is 93.6 cm³/mol. The molecule has 0 amide bonds. The molecule has 2 aromatic rings. The van der Waals surface area contributed by atoms with E-state index in [-0.39, 0.29) is 11.1 Å². The van der Waals surface area contributed by atoms with Gasteiger partial charge in [0.1, 0.15) is 11.6 Å². The first-order valence-corrected chi connectivity index (χ1v) is 8.53. The van der Waals surface area contributed by atoms with Crippen molar-refractivity contribution in [1.29, 1.82) is 5.26 Å². The van der Waals surface area contributed by atoms with Gasteiger partial charge in [0.25, 0.3) is 5.56 Å². The lowest BCUT2D eigenvalue weighted by Gasteiger charge is -2.22. The Bertz CT molecular complexity index is 811. The van der Waals surface area contributed by atoms with Crippen LogP contribution in [0.1, 0.15) is 48.9 Å². The Morgan fingerprint density at radius 2 is 1.96 bits per heavy atom. The van der Waals surface area contributed by atoms with E-state index in [0.717, 1.165) is 29.7 Å². The topological polar surface area (TPSA) is 65.9 Å². The Balaban J connectivity index is 1.92. The predicted octanol–water partition coefficient (Wildman–Crippen LogP) is 4.07. The molecular formula is C20H22N2O2. The summed E-state index contributed by atoms with van der Waals surface area (Å²) in [5.74, 6) is 0. The average molecular weight is 322 g/mol. The highest BCUT2D eigenvalue weighted by atomic mass is 16.5. The van der Waals surface area contributed by atoms with E-state index in [0.29, 0.717) is 18.3 Å². The summed E-state index contributed by atoms with van der Waals surface area (Å²) in [4.78, 5) is 14.8. The van der Waals surface area contributed by atoms with Crippen molar-refractivity contribution < 1.29 is 4.74 Å². The molecule has 4 heteroatoms. The maximum atomic E-state index is 12.1. The average Bonchev–Trinajstić information content (AvgIpc) is 2.60. The summed E-state index contributed by atoms with van der Waals surface area (Å²) in [6.45, 7) is 2.34. The van der Waals surface area contributed by atoms with Crippen molar-refractivity contribution in [2.75, 3.05) is 0 Å². The van der Waals surface area contributed by atoms with Gasteiger partial charge in [-0.3, -0.25) is 4.79 Å². The standard InChI is InChI=1S/C20H22N2O2/c1-14-11-18(19(12-21)20(23)22-14)17-10-6-5-7-15(17)13-24-16-8-3-2-4-9-16/h5-7,10-11,16H,2-4,8-9,13H2,1H3,(H,22,23). The highest BCUT2D eigenvalue weighted by Crippen LogP contribution is 2.28. The number of aromatic nitrogens is 1. The van der Waals surface area contributed by atoms with E-state index in [1.807, 2.05) is 43.3 Å². The summed E-state index contributed by atoms with van der Waals surface area (Å²) in [6.07, 6.45) is 6.33. The Hall–Kier alpha value is -2.38. The monoisotopic (exact) mass is 322 g/mol. The minimum atomic E-state index is -0.337. The van der Waals surface area contributed by atoms with Crippen LogP contribution in [0.15, 0.2) is 35.1 Å². The zero-order chi connectivity index (χ0) is 16.9. The minimum Gasteiger partial charge on any atom is -0.374 e. The van der Waals surface area contributed by atoms with Gasteiger partial charge < -0.3 is 9.72 Å². The number of nitriles is 1. The maximum Gasteiger partial charge on any atom is 0.266 e. The van der Waals surface area contributed by atoms with E-state index in [1.54, 1.807) is 0 Å².